The third-order valence-electron chi connectivity index (χ3n) is 4.58. The Morgan fingerprint density at radius 3 is 2.25 bits per heavy atom. The maximum absolute atomic E-state index is 13.0. The lowest BCUT2D eigenvalue weighted by Gasteiger charge is -2.21. The molecule has 0 saturated carbocycles. The molecule has 1 N–H and O–H groups in total. The molecule has 0 radical (unpaired) electrons. The maximum Gasteiger partial charge on any atom is 0.257 e. The van der Waals surface area contributed by atoms with Gasteiger partial charge in [-0.2, -0.15) is 5.10 Å². The number of benzene rings is 3. The molecule has 0 aliphatic heterocycles. The average molecular weight is 447 g/mol. The van der Waals surface area contributed by atoms with Crippen LogP contribution in [0.3, 0.4) is 0 Å². The summed E-state index contributed by atoms with van der Waals surface area (Å²) < 4.78 is 0. The van der Waals surface area contributed by atoms with Gasteiger partial charge in [-0.1, -0.05) is 48.5 Å². The summed E-state index contributed by atoms with van der Waals surface area (Å²) in [4.78, 5) is 26.5. The van der Waals surface area contributed by atoms with E-state index in [4.69, 9.17) is 11.6 Å². The van der Waals surface area contributed by atoms with Crippen molar-refractivity contribution in [3.8, 4) is 0 Å². The smallest absolute Gasteiger partial charge is 0.257 e. The van der Waals surface area contributed by atoms with Gasteiger partial charge in [0, 0.05) is 30.5 Å². The van der Waals surface area contributed by atoms with Crippen LogP contribution in [0.25, 0.3) is 6.08 Å². The molecule has 32 heavy (non-hydrogen) atoms. The molecule has 0 aromatic heterocycles. The number of nitrogens with one attached hydrogen (secondary N) is 1. The van der Waals surface area contributed by atoms with E-state index in [-0.39, 0.29) is 11.5 Å². The first-order valence-electron chi connectivity index (χ1n) is 9.80. The SMILES string of the molecule is C=Cc1ccc(NC(=O)c2cc(Cl)ccc2N(C=O)c2ccc(C=NN(C)C)cc2)cc1. The molecule has 7 heteroatoms. The van der Waals surface area contributed by atoms with Crippen LogP contribution in [-0.2, 0) is 4.79 Å². The van der Waals surface area contributed by atoms with Gasteiger partial charge < -0.3 is 10.3 Å². The topological polar surface area (TPSA) is 65.0 Å². The monoisotopic (exact) mass is 446 g/mol. The van der Waals surface area contributed by atoms with Crippen LogP contribution in [0.5, 0.6) is 0 Å². The van der Waals surface area contributed by atoms with Gasteiger partial charge in [-0.05, 0) is 53.6 Å². The molecule has 6 nitrogen and oxygen atoms in total. The summed E-state index contributed by atoms with van der Waals surface area (Å²) in [6.45, 7) is 3.72. The van der Waals surface area contributed by atoms with Crippen LogP contribution < -0.4 is 10.2 Å². The molecule has 0 spiro atoms. The van der Waals surface area contributed by atoms with Crippen molar-refractivity contribution in [2.45, 2.75) is 0 Å². The number of hydrazone groups is 1. The van der Waals surface area contributed by atoms with Crippen LogP contribution >= 0.6 is 11.6 Å². The Kier molecular flexibility index (Phi) is 7.41. The van der Waals surface area contributed by atoms with Crippen molar-refractivity contribution >= 4 is 53.3 Å². The van der Waals surface area contributed by atoms with Gasteiger partial charge in [0.1, 0.15) is 0 Å². The van der Waals surface area contributed by atoms with Gasteiger partial charge in [0.15, 0.2) is 0 Å². The Bertz CT molecular complexity index is 1140. The Morgan fingerprint density at radius 2 is 1.66 bits per heavy atom. The second-order valence-electron chi connectivity index (χ2n) is 7.10. The predicted molar refractivity (Wildman–Crippen MR) is 132 cm³/mol. The third kappa shape index (κ3) is 5.62. The second-order valence-corrected chi connectivity index (χ2v) is 7.54. The number of hydrogen-bond donors (Lipinski definition) is 1. The molecule has 162 valence electrons. The first kappa shape index (κ1) is 22.8. The lowest BCUT2D eigenvalue weighted by Crippen LogP contribution is -2.20. The molecular weight excluding hydrogens is 424 g/mol. The van der Waals surface area contributed by atoms with Crippen LogP contribution in [0.2, 0.25) is 5.02 Å². The first-order chi connectivity index (χ1) is 15.4. The quantitative estimate of drug-likeness (QED) is 0.285. The molecule has 0 aliphatic rings. The van der Waals surface area contributed by atoms with Crippen molar-refractivity contribution in [1.29, 1.82) is 0 Å². The number of nitrogens with zero attached hydrogens (tertiary/aromatic N) is 3. The molecule has 0 atom stereocenters. The standard InChI is InChI=1S/C25H23ClN4O2/c1-4-18-5-10-21(11-6-18)28-25(32)23-15-20(26)9-14-24(23)30(17-31)22-12-7-19(8-13-22)16-27-29(2)3/h4-17H,1H2,2-3H3,(H,28,32). The van der Waals surface area contributed by atoms with E-state index in [0.29, 0.717) is 28.5 Å². The molecule has 3 aromatic carbocycles. The van der Waals surface area contributed by atoms with Crippen molar-refractivity contribution in [3.63, 3.8) is 0 Å². The molecule has 2 amide bonds. The molecule has 0 bridgehead atoms. The van der Waals surface area contributed by atoms with Gasteiger partial charge in [-0.3, -0.25) is 14.5 Å². The van der Waals surface area contributed by atoms with E-state index in [2.05, 4.69) is 17.0 Å². The minimum Gasteiger partial charge on any atom is -0.322 e. The number of hydrogen-bond acceptors (Lipinski definition) is 4. The van der Waals surface area contributed by atoms with Crippen LogP contribution in [0.1, 0.15) is 21.5 Å². The number of anilines is 3. The number of halogens is 1. The number of carbonyl (C=O) groups is 2. The highest BCUT2D eigenvalue weighted by molar-refractivity contribution is 6.31. The lowest BCUT2D eigenvalue weighted by atomic mass is 10.1. The summed E-state index contributed by atoms with van der Waals surface area (Å²) in [6, 6.07) is 19.3. The van der Waals surface area contributed by atoms with Gasteiger partial charge in [0.2, 0.25) is 6.41 Å². The third-order valence-corrected chi connectivity index (χ3v) is 4.82. The van der Waals surface area contributed by atoms with E-state index in [1.54, 1.807) is 59.8 Å². The van der Waals surface area contributed by atoms with Crippen molar-refractivity contribution in [2.24, 2.45) is 5.10 Å². The predicted octanol–water partition coefficient (Wildman–Crippen LogP) is 5.43. The van der Waals surface area contributed by atoms with E-state index in [1.165, 1.54) is 4.90 Å². The number of rotatable bonds is 8. The number of amides is 2. The zero-order valence-corrected chi connectivity index (χ0v) is 18.6. The summed E-state index contributed by atoms with van der Waals surface area (Å²) >= 11 is 6.16. The molecule has 0 heterocycles. The van der Waals surface area contributed by atoms with E-state index >= 15 is 0 Å². The van der Waals surface area contributed by atoms with Crippen LogP contribution in [0.15, 0.2) is 78.4 Å². The summed E-state index contributed by atoms with van der Waals surface area (Å²) in [5, 5.41) is 9.13. The minimum atomic E-state index is -0.379. The molecule has 0 aliphatic carbocycles. The van der Waals surface area contributed by atoms with E-state index in [1.807, 2.05) is 38.4 Å². The molecule has 0 unspecified atom stereocenters. The lowest BCUT2D eigenvalue weighted by molar-refractivity contribution is -0.106. The van der Waals surface area contributed by atoms with Gasteiger partial charge >= 0.3 is 0 Å². The normalized spacial score (nSPS) is 10.6. The van der Waals surface area contributed by atoms with E-state index < -0.39 is 0 Å². The zero-order chi connectivity index (χ0) is 23.1. The largest absolute Gasteiger partial charge is 0.322 e. The fraction of sp³-hybridized carbons (Fsp3) is 0.0800. The summed E-state index contributed by atoms with van der Waals surface area (Å²) in [7, 11) is 3.67. The summed E-state index contributed by atoms with van der Waals surface area (Å²) in [5.41, 5.74) is 3.74. The summed E-state index contributed by atoms with van der Waals surface area (Å²) in [5.74, 6) is -0.379. The minimum absolute atomic E-state index is 0.274. The summed E-state index contributed by atoms with van der Waals surface area (Å²) in [6.07, 6.45) is 4.11. The molecule has 3 aromatic rings. The molecule has 0 fully saturated rings. The van der Waals surface area contributed by atoms with Gasteiger partial charge in [0.05, 0.1) is 17.5 Å². The van der Waals surface area contributed by atoms with E-state index in [9.17, 15) is 9.59 Å². The van der Waals surface area contributed by atoms with Gasteiger partial charge in [-0.25, -0.2) is 0 Å². The van der Waals surface area contributed by atoms with Crippen LogP contribution in [-0.4, -0.2) is 37.6 Å². The van der Waals surface area contributed by atoms with E-state index in [0.717, 1.165) is 11.1 Å². The van der Waals surface area contributed by atoms with Crippen molar-refractivity contribution in [1.82, 2.24) is 5.01 Å². The molecule has 0 saturated heterocycles. The maximum atomic E-state index is 13.0. The Hall–Kier alpha value is -3.90. The highest BCUT2D eigenvalue weighted by Crippen LogP contribution is 2.30. The average Bonchev–Trinajstić information content (AvgIpc) is 2.80. The van der Waals surface area contributed by atoms with Crippen molar-refractivity contribution in [2.75, 3.05) is 24.3 Å². The Labute approximate surface area is 192 Å². The Morgan fingerprint density at radius 1 is 1.00 bits per heavy atom. The Balaban J connectivity index is 1.91. The zero-order valence-electron chi connectivity index (χ0n) is 17.8. The molecular formula is C25H23ClN4O2. The fourth-order valence-corrected chi connectivity index (χ4v) is 3.13. The van der Waals surface area contributed by atoms with Crippen molar-refractivity contribution < 1.29 is 9.59 Å². The fourth-order valence-electron chi connectivity index (χ4n) is 2.96. The first-order valence-corrected chi connectivity index (χ1v) is 10.2. The van der Waals surface area contributed by atoms with Gasteiger partial charge in [0.25, 0.3) is 5.91 Å². The van der Waals surface area contributed by atoms with Crippen molar-refractivity contribution in [3.05, 3.63) is 95.0 Å². The van der Waals surface area contributed by atoms with Crippen LogP contribution in [0.4, 0.5) is 17.1 Å². The second kappa shape index (κ2) is 10.4. The molecule has 3 rings (SSSR count). The highest BCUT2D eigenvalue weighted by Gasteiger charge is 2.19. The number of carbonyl (C=O) groups excluding carboxylic acids is 2. The van der Waals surface area contributed by atoms with Crippen LogP contribution in [0, 0.1) is 0 Å². The highest BCUT2D eigenvalue weighted by atomic mass is 35.5. The van der Waals surface area contributed by atoms with Gasteiger partial charge in [-0.15, -0.1) is 0 Å².